The second-order valence-corrected chi connectivity index (χ2v) is 8.50. The monoisotopic (exact) mass is 429 g/mol. The molecule has 0 radical (unpaired) electrons. The summed E-state index contributed by atoms with van der Waals surface area (Å²) in [4.78, 5) is 38.5. The first-order valence-corrected chi connectivity index (χ1v) is 10.0. The van der Waals surface area contributed by atoms with Gasteiger partial charge in [-0.3, -0.25) is 14.4 Å². The zero-order chi connectivity index (χ0) is 23.3. The van der Waals surface area contributed by atoms with Gasteiger partial charge in [-0.05, 0) is 40.7 Å². The molecule has 0 bridgehead atoms. The molecule has 0 aliphatic carbocycles. The van der Waals surface area contributed by atoms with Crippen molar-refractivity contribution in [1.29, 1.82) is 0 Å². The lowest BCUT2D eigenvalue weighted by Crippen LogP contribution is -2.43. The van der Waals surface area contributed by atoms with Gasteiger partial charge in [-0.15, -0.1) is 0 Å². The van der Waals surface area contributed by atoms with Crippen molar-refractivity contribution in [2.24, 2.45) is 0 Å². The van der Waals surface area contributed by atoms with Crippen molar-refractivity contribution in [2.75, 3.05) is 14.2 Å². The van der Waals surface area contributed by atoms with E-state index in [1.807, 2.05) is 34.6 Å². The molecule has 2 aromatic rings. The topological polar surface area (TPSA) is 98.7 Å². The number of hydrogen-bond donors (Lipinski definition) is 2. The van der Waals surface area contributed by atoms with Gasteiger partial charge in [0.25, 0.3) is 11.8 Å². The molecule has 1 heterocycles. The van der Waals surface area contributed by atoms with Crippen molar-refractivity contribution in [2.45, 2.75) is 52.7 Å². The molecule has 1 aromatic heterocycles. The van der Waals surface area contributed by atoms with E-state index in [1.54, 1.807) is 22.8 Å². The molecule has 2 rings (SSSR count). The number of para-hydroxylation sites is 1. The van der Waals surface area contributed by atoms with Gasteiger partial charge in [-0.2, -0.15) is 0 Å². The predicted octanol–water partition coefficient (Wildman–Crippen LogP) is 2.90. The third-order valence-corrected chi connectivity index (χ3v) is 4.54. The number of carbonyl (C=O) groups is 2. The highest BCUT2D eigenvalue weighted by atomic mass is 16.5. The summed E-state index contributed by atoms with van der Waals surface area (Å²) in [7, 11) is 3.05. The molecule has 8 heteroatoms. The lowest BCUT2D eigenvalue weighted by Gasteiger charge is -2.21. The van der Waals surface area contributed by atoms with E-state index in [-0.39, 0.29) is 23.7 Å². The summed E-state index contributed by atoms with van der Waals surface area (Å²) in [6.45, 7) is 9.40. The first-order chi connectivity index (χ1) is 14.5. The Kier molecular flexibility index (Phi) is 7.49. The van der Waals surface area contributed by atoms with Crippen LogP contribution in [0.4, 0.5) is 0 Å². The van der Waals surface area contributed by atoms with Crippen LogP contribution in [0.3, 0.4) is 0 Å². The molecule has 2 N–H and O–H groups in total. The Morgan fingerprint density at radius 2 is 1.65 bits per heavy atom. The number of pyridine rings is 1. The van der Waals surface area contributed by atoms with Crippen LogP contribution in [0.1, 0.15) is 66.9 Å². The van der Waals surface area contributed by atoms with Crippen LogP contribution in [0.15, 0.2) is 35.4 Å². The summed E-state index contributed by atoms with van der Waals surface area (Å²) < 4.78 is 12.3. The molecule has 0 unspecified atom stereocenters. The van der Waals surface area contributed by atoms with Crippen molar-refractivity contribution in [3.05, 3.63) is 57.5 Å². The zero-order valence-electron chi connectivity index (χ0n) is 19.2. The number of ether oxygens (including phenoxy) is 2. The van der Waals surface area contributed by atoms with Crippen LogP contribution in [0, 0.1) is 0 Å². The minimum absolute atomic E-state index is 0.0492. The fraction of sp³-hybridized carbons (Fsp3) is 0.435. The number of aromatic nitrogens is 1. The number of nitrogens with zero attached hydrogens (tertiary/aromatic N) is 1. The normalized spacial score (nSPS) is 11.2. The molecule has 2 amide bonds. The lowest BCUT2D eigenvalue weighted by molar-refractivity contribution is 0.0917. The number of methoxy groups -OCH3 is 2. The molecule has 31 heavy (non-hydrogen) atoms. The van der Waals surface area contributed by atoms with Crippen LogP contribution in [-0.4, -0.2) is 36.1 Å². The minimum Gasteiger partial charge on any atom is -0.493 e. The molecule has 0 aliphatic heterocycles. The van der Waals surface area contributed by atoms with Gasteiger partial charge in [0.1, 0.15) is 11.1 Å². The van der Waals surface area contributed by atoms with E-state index in [4.69, 9.17) is 9.47 Å². The molecule has 1 aromatic carbocycles. The fourth-order valence-electron chi connectivity index (χ4n) is 2.99. The Bertz CT molecular complexity index is 1020. The van der Waals surface area contributed by atoms with E-state index in [0.717, 1.165) is 0 Å². The summed E-state index contributed by atoms with van der Waals surface area (Å²) in [5, 5.41) is 5.52. The van der Waals surface area contributed by atoms with E-state index in [1.165, 1.54) is 26.6 Å². The number of nitrogens with one attached hydrogen (secondary N) is 2. The van der Waals surface area contributed by atoms with Gasteiger partial charge < -0.3 is 24.7 Å². The second-order valence-electron chi connectivity index (χ2n) is 8.50. The van der Waals surface area contributed by atoms with E-state index in [9.17, 15) is 14.4 Å². The highest BCUT2D eigenvalue weighted by Gasteiger charge is 2.23. The van der Waals surface area contributed by atoms with Gasteiger partial charge in [0.2, 0.25) is 5.43 Å². The Morgan fingerprint density at radius 3 is 2.16 bits per heavy atom. The molecule has 0 fully saturated rings. The molecule has 0 saturated heterocycles. The maximum Gasteiger partial charge on any atom is 0.257 e. The van der Waals surface area contributed by atoms with Gasteiger partial charge in [0, 0.05) is 36.1 Å². The average Bonchev–Trinajstić information content (AvgIpc) is 2.70. The van der Waals surface area contributed by atoms with Crippen molar-refractivity contribution in [3.63, 3.8) is 0 Å². The molecule has 0 saturated carbocycles. The predicted molar refractivity (Wildman–Crippen MR) is 119 cm³/mol. The van der Waals surface area contributed by atoms with Crippen LogP contribution in [0.5, 0.6) is 11.5 Å². The summed E-state index contributed by atoms with van der Waals surface area (Å²) in [6.07, 6.45) is 2.95. The molecule has 0 spiro atoms. The number of hydrogen-bond acceptors (Lipinski definition) is 5. The van der Waals surface area contributed by atoms with Crippen LogP contribution >= 0.6 is 0 Å². The molecule has 168 valence electrons. The average molecular weight is 430 g/mol. The van der Waals surface area contributed by atoms with Gasteiger partial charge in [-0.1, -0.05) is 12.1 Å². The maximum atomic E-state index is 13.0. The number of rotatable bonds is 7. The van der Waals surface area contributed by atoms with Crippen LogP contribution < -0.4 is 25.5 Å². The molecule has 8 nitrogen and oxygen atoms in total. The van der Waals surface area contributed by atoms with E-state index < -0.39 is 22.8 Å². The van der Waals surface area contributed by atoms with Gasteiger partial charge in [0.05, 0.1) is 14.2 Å². The maximum absolute atomic E-state index is 13.0. The van der Waals surface area contributed by atoms with Crippen LogP contribution in [0.2, 0.25) is 0 Å². The first kappa shape index (κ1) is 24.0. The van der Waals surface area contributed by atoms with Crippen molar-refractivity contribution in [3.8, 4) is 11.5 Å². The summed E-state index contributed by atoms with van der Waals surface area (Å²) in [5.74, 6) is -0.0499. The number of amides is 2. The Morgan fingerprint density at radius 1 is 1.03 bits per heavy atom. The third-order valence-electron chi connectivity index (χ3n) is 4.54. The van der Waals surface area contributed by atoms with E-state index in [0.29, 0.717) is 17.1 Å². The minimum atomic E-state index is -0.617. The largest absolute Gasteiger partial charge is 0.493 e. The highest BCUT2D eigenvalue weighted by molar-refractivity contribution is 5.99. The summed E-state index contributed by atoms with van der Waals surface area (Å²) in [5.41, 5.74) is -0.616. The Hall–Kier alpha value is -3.29. The molecular formula is C23H31N3O5. The second kappa shape index (κ2) is 9.68. The fourth-order valence-corrected chi connectivity index (χ4v) is 2.99. The molecular weight excluding hydrogens is 398 g/mol. The van der Waals surface area contributed by atoms with Gasteiger partial charge in [0.15, 0.2) is 11.5 Å². The summed E-state index contributed by atoms with van der Waals surface area (Å²) >= 11 is 0. The van der Waals surface area contributed by atoms with Crippen molar-refractivity contribution in [1.82, 2.24) is 15.2 Å². The van der Waals surface area contributed by atoms with Crippen LogP contribution in [-0.2, 0) is 6.54 Å². The van der Waals surface area contributed by atoms with Crippen LogP contribution in [0.25, 0.3) is 0 Å². The lowest BCUT2D eigenvalue weighted by atomic mass is 10.1. The van der Waals surface area contributed by atoms with Gasteiger partial charge in [-0.25, -0.2) is 0 Å². The smallest absolute Gasteiger partial charge is 0.257 e. The SMILES string of the molecule is COc1cccc(CNC(=O)c2cn(C(C)C)cc(C(=O)NC(C)(C)C)c2=O)c1OC. The number of carbonyl (C=O) groups excluding carboxylic acids is 2. The molecule has 0 atom stereocenters. The van der Waals surface area contributed by atoms with Crippen molar-refractivity contribution < 1.29 is 19.1 Å². The standard InChI is InChI=1S/C23H31N3O5/c1-14(2)26-12-16(19(27)17(13-26)22(29)25-23(3,4)5)21(28)24-11-15-9-8-10-18(30-6)20(15)31-7/h8-10,12-14H,11H2,1-7H3,(H,24,28)(H,25,29). The highest BCUT2D eigenvalue weighted by Crippen LogP contribution is 2.30. The first-order valence-electron chi connectivity index (χ1n) is 10.0. The quantitative estimate of drug-likeness (QED) is 0.705. The summed E-state index contributed by atoms with van der Waals surface area (Å²) in [6, 6.07) is 5.28. The third kappa shape index (κ3) is 5.87. The Balaban J connectivity index is 2.38. The Labute approximate surface area is 182 Å². The van der Waals surface area contributed by atoms with Gasteiger partial charge >= 0.3 is 0 Å². The zero-order valence-corrected chi connectivity index (χ0v) is 19.2. The molecule has 0 aliphatic rings. The van der Waals surface area contributed by atoms with E-state index >= 15 is 0 Å². The van der Waals surface area contributed by atoms with Crippen molar-refractivity contribution >= 4 is 11.8 Å². The number of benzene rings is 1. The van der Waals surface area contributed by atoms with E-state index in [2.05, 4.69) is 10.6 Å².